The number of nitrogens with one attached hydrogen (secondary N) is 1. The summed E-state index contributed by atoms with van der Waals surface area (Å²) >= 11 is 6.05. The van der Waals surface area contributed by atoms with Crippen LogP contribution in [0.5, 0.6) is 0 Å². The van der Waals surface area contributed by atoms with E-state index in [1.54, 1.807) is 18.4 Å². The van der Waals surface area contributed by atoms with Crippen LogP contribution in [0.4, 0.5) is 0 Å². The van der Waals surface area contributed by atoms with E-state index in [9.17, 15) is 4.79 Å². The predicted molar refractivity (Wildman–Crippen MR) is 90.5 cm³/mol. The largest absolute Gasteiger partial charge is 0.468 e. The van der Waals surface area contributed by atoms with Crippen LogP contribution in [0.15, 0.2) is 47.1 Å². The van der Waals surface area contributed by atoms with Crippen molar-refractivity contribution >= 4 is 17.5 Å². The topological polar surface area (TPSA) is 45.5 Å². The van der Waals surface area contributed by atoms with Crippen molar-refractivity contribution in [2.24, 2.45) is 5.92 Å². The second-order valence-electron chi connectivity index (χ2n) is 5.99. The summed E-state index contributed by atoms with van der Waals surface area (Å²) in [6.45, 7) is 3.64. The van der Waals surface area contributed by atoms with Gasteiger partial charge in [0.25, 0.3) is 5.91 Å². The Morgan fingerprint density at radius 1 is 1.22 bits per heavy atom. The van der Waals surface area contributed by atoms with E-state index in [-0.39, 0.29) is 5.91 Å². The molecule has 1 fully saturated rings. The highest BCUT2D eigenvalue weighted by atomic mass is 35.5. The van der Waals surface area contributed by atoms with Gasteiger partial charge in [-0.2, -0.15) is 0 Å². The minimum atomic E-state index is -0.0892. The number of carbonyl (C=O) groups is 1. The molecule has 1 aliphatic heterocycles. The van der Waals surface area contributed by atoms with Gasteiger partial charge in [-0.3, -0.25) is 9.69 Å². The smallest absolute Gasteiger partial charge is 0.252 e. The van der Waals surface area contributed by atoms with Crippen molar-refractivity contribution in [3.05, 3.63) is 59.0 Å². The van der Waals surface area contributed by atoms with Crippen LogP contribution in [0.1, 0.15) is 29.0 Å². The van der Waals surface area contributed by atoms with E-state index >= 15 is 0 Å². The van der Waals surface area contributed by atoms with Gasteiger partial charge >= 0.3 is 0 Å². The van der Waals surface area contributed by atoms with E-state index in [1.807, 2.05) is 24.3 Å². The number of furan rings is 1. The SMILES string of the molecule is O=C(NCC1CCN(Cc2ccco2)CC1)c1ccccc1Cl. The average Bonchev–Trinajstić information content (AvgIpc) is 3.07. The molecule has 1 aromatic heterocycles. The number of rotatable bonds is 5. The first-order chi connectivity index (χ1) is 11.2. The number of halogens is 1. The molecule has 0 atom stereocenters. The Kier molecular flexibility index (Phi) is 5.36. The molecule has 23 heavy (non-hydrogen) atoms. The van der Waals surface area contributed by atoms with Gasteiger partial charge in [-0.25, -0.2) is 0 Å². The van der Waals surface area contributed by atoms with E-state index in [1.165, 1.54) is 0 Å². The maximum Gasteiger partial charge on any atom is 0.252 e. The molecule has 0 saturated carbocycles. The molecule has 3 rings (SSSR count). The van der Waals surface area contributed by atoms with Crippen molar-refractivity contribution in [1.29, 1.82) is 0 Å². The van der Waals surface area contributed by atoms with Gasteiger partial charge in [0.15, 0.2) is 0 Å². The maximum absolute atomic E-state index is 12.2. The van der Waals surface area contributed by atoms with Crippen LogP contribution >= 0.6 is 11.6 Å². The second-order valence-corrected chi connectivity index (χ2v) is 6.40. The van der Waals surface area contributed by atoms with Gasteiger partial charge in [-0.1, -0.05) is 23.7 Å². The second kappa shape index (κ2) is 7.66. The fraction of sp³-hybridized carbons (Fsp3) is 0.389. The molecule has 1 N–H and O–H groups in total. The Morgan fingerprint density at radius 2 is 2.00 bits per heavy atom. The van der Waals surface area contributed by atoms with E-state index in [4.69, 9.17) is 16.0 Å². The number of benzene rings is 1. The fourth-order valence-electron chi connectivity index (χ4n) is 2.95. The highest BCUT2D eigenvalue weighted by Gasteiger charge is 2.20. The van der Waals surface area contributed by atoms with Crippen LogP contribution in [0.2, 0.25) is 5.02 Å². The molecule has 122 valence electrons. The van der Waals surface area contributed by atoms with Gasteiger partial charge in [0.2, 0.25) is 0 Å². The Morgan fingerprint density at radius 3 is 2.70 bits per heavy atom. The van der Waals surface area contributed by atoms with Gasteiger partial charge in [0.05, 0.1) is 23.4 Å². The van der Waals surface area contributed by atoms with Gasteiger partial charge in [0.1, 0.15) is 5.76 Å². The summed E-state index contributed by atoms with van der Waals surface area (Å²) in [6.07, 6.45) is 3.89. The van der Waals surface area contributed by atoms with Crippen LogP contribution in [0.3, 0.4) is 0 Å². The van der Waals surface area contributed by atoms with Gasteiger partial charge in [-0.15, -0.1) is 0 Å². The molecule has 2 heterocycles. The molecular formula is C18H21ClN2O2. The average molecular weight is 333 g/mol. The highest BCUT2D eigenvalue weighted by Crippen LogP contribution is 2.19. The van der Waals surface area contributed by atoms with E-state index in [2.05, 4.69) is 10.2 Å². The third kappa shape index (κ3) is 4.36. The lowest BCUT2D eigenvalue weighted by Crippen LogP contribution is -2.38. The lowest BCUT2D eigenvalue weighted by atomic mass is 9.96. The van der Waals surface area contributed by atoms with Crippen LogP contribution < -0.4 is 5.32 Å². The Hall–Kier alpha value is -1.78. The van der Waals surface area contributed by atoms with Crippen LogP contribution in [0.25, 0.3) is 0 Å². The zero-order valence-electron chi connectivity index (χ0n) is 13.0. The molecule has 5 heteroatoms. The van der Waals surface area contributed by atoms with Crippen molar-refractivity contribution in [2.45, 2.75) is 19.4 Å². The molecule has 0 unspecified atom stereocenters. The number of carbonyl (C=O) groups excluding carboxylic acids is 1. The first kappa shape index (κ1) is 16.1. The molecule has 0 aliphatic carbocycles. The quantitative estimate of drug-likeness (QED) is 0.910. The summed E-state index contributed by atoms with van der Waals surface area (Å²) in [5.41, 5.74) is 0.546. The predicted octanol–water partition coefficient (Wildman–Crippen LogP) is 3.58. The van der Waals surface area contributed by atoms with Crippen molar-refractivity contribution in [2.75, 3.05) is 19.6 Å². The third-order valence-electron chi connectivity index (χ3n) is 4.34. The molecular weight excluding hydrogens is 312 g/mol. The van der Waals surface area contributed by atoms with E-state index in [0.717, 1.165) is 38.2 Å². The van der Waals surface area contributed by atoms with Crippen molar-refractivity contribution in [3.63, 3.8) is 0 Å². The fourth-order valence-corrected chi connectivity index (χ4v) is 3.17. The molecule has 0 radical (unpaired) electrons. The summed E-state index contributed by atoms with van der Waals surface area (Å²) in [5.74, 6) is 1.44. The number of hydrogen-bond acceptors (Lipinski definition) is 3. The molecule has 0 bridgehead atoms. The molecule has 1 amide bonds. The number of amides is 1. The summed E-state index contributed by atoms with van der Waals surface area (Å²) in [5, 5.41) is 3.51. The minimum absolute atomic E-state index is 0.0892. The molecule has 1 aromatic carbocycles. The lowest BCUT2D eigenvalue weighted by Gasteiger charge is -2.31. The molecule has 1 saturated heterocycles. The van der Waals surface area contributed by atoms with Crippen LogP contribution in [-0.2, 0) is 6.54 Å². The van der Waals surface area contributed by atoms with Gasteiger partial charge in [-0.05, 0) is 56.1 Å². The van der Waals surface area contributed by atoms with E-state index < -0.39 is 0 Å². The number of piperidine rings is 1. The third-order valence-corrected chi connectivity index (χ3v) is 4.67. The first-order valence-electron chi connectivity index (χ1n) is 8.00. The summed E-state index contributed by atoms with van der Waals surface area (Å²) < 4.78 is 5.39. The number of nitrogens with zero attached hydrogens (tertiary/aromatic N) is 1. The van der Waals surface area contributed by atoms with Crippen molar-refractivity contribution in [1.82, 2.24) is 10.2 Å². The minimum Gasteiger partial charge on any atom is -0.468 e. The first-order valence-corrected chi connectivity index (χ1v) is 8.37. The summed E-state index contributed by atoms with van der Waals surface area (Å²) in [4.78, 5) is 14.6. The Labute approximate surface area is 141 Å². The van der Waals surface area contributed by atoms with E-state index in [0.29, 0.717) is 23.0 Å². The highest BCUT2D eigenvalue weighted by molar-refractivity contribution is 6.33. The molecule has 2 aromatic rings. The maximum atomic E-state index is 12.2. The monoisotopic (exact) mass is 332 g/mol. The summed E-state index contributed by atoms with van der Waals surface area (Å²) in [6, 6.07) is 11.1. The number of likely N-dealkylation sites (tertiary alicyclic amines) is 1. The molecule has 1 aliphatic rings. The molecule has 4 nitrogen and oxygen atoms in total. The molecule has 0 spiro atoms. The normalized spacial score (nSPS) is 16.4. The van der Waals surface area contributed by atoms with Crippen LogP contribution in [0, 0.1) is 5.92 Å². The summed E-state index contributed by atoms with van der Waals surface area (Å²) in [7, 11) is 0. The lowest BCUT2D eigenvalue weighted by molar-refractivity contribution is 0.0934. The van der Waals surface area contributed by atoms with Crippen molar-refractivity contribution in [3.8, 4) is 0 Å². The van der Waals surface area contributed by atoms with Crippen LogP contribution in [-0.4, -0.2) is 30.4 Å². The van der Waals surface area contributed by atoms with Crippen molar-refractivity contribution < 1.29 is 9.21 Å². The number of hydrogen-bond donors (Lipinski definition) is 1. The zero-order chi connectivity index (χ0) is 16.1. The Balaban J connectivity index is 1.42. The zero-order valence-corrected chi connectivity index (χ0v) is 13.8. The Bertz CT molecular complexity index is 634. The standard InChI is InChI=1S/C18H21ClN2O2/c19-17-6-2-1-5-16(17)18(22)20-12-14-7-9-21(10-8-14)13-15-4-3-11-23-15/h1-6,11,14H,7-10,12-13H2,(H,20,22). The van der Waals surface area contributed by atoms with Gasteiger partial charge < -0.3 is 9.73 Å². The van der Waals surface area contributed by atoms with Gasteiger partial charge in [0, 0.05) is 6.54 Å².